The summed E-state index contributed by atoms with van der Waals surface area (Å²) in [6.07, 6.45) is 9.21. The standard InChI is InChI=1S/C20H17N3O3S/c1-15-10-12-22-14-19(15)27(25,26)18-7-5-17(6-8-18)23-20(24)9-4-16-3-2-11-21-13-16/h2-14H,1H3,(H,23,24)/b9-4+. The second kappa shape index (κ2) is 7.92. The molecule has 2 heterocycles. The second-order valence-corrected chi connectivity index (χ2v) is 7.70. The molecule has 3 aromatic rings. The van der Waals surface area contributed by atoms with E-state index in [4.69, 9.17) is 0 Å². The van der Waals surface area contributed by atoms with Crippen LogP contribution in [0.4, 0.5) is 5.69 Å². The summed E-state index contributed by atoms with van der Waals surface area (Å²) in [6, 6.07) is 11.3. The summed E-state index contributed by atoms with van der Waals surface area (Å²) in [6.45, 7) is 1.72. The molecule has 2 aromatic heterocycles. The van der Waals surface area contributed by atoms with Gasteiger partial charge < -0.3 is 5.32 Å². The fourth-order valence-electron chi connectivity index (χ4n) is 2.41. The number of hydrogen-bond donors (Lipinski definition) is 1. The molecule has 27 heavy (non-hydrogen) atoms. The Morgan fingerprint density at radius 1 is 1.00 bits per heavy atom. The van der Waals surface area contributed by atoms with Crippen molar-refractivity contribution in [1.29, 1.82) is 0 Å². The fourth-order valence-corrected chi connectivity index (χ4v) is 3.85. The average Bonchev–Trinajstić information content (AvgIpc) is 2.68. The van der Waals surface area contributed by atoms with Crippen molar-refractivity contribution in [3.63, 3.8) is 0 Å². The number of sulfone groups is 1. The molecule has 0 atom stereocenters. The van der Waals surface area contributed by atoms with Gasteiger partial charge in [-0.1, -0.05) is 6.07 Å². The van der Waals surface area contributed by atoms with Crippen molar-refractivity contribution >= 4 is 27.5 Å². The van der Waals surface area contributed by atoms with Crippen LogP contribution in [0.2, 0.25) is 0 Å². The van der Waals surface area contributed by atoms with Crippen molar-refractivity contribution in [2.45, 2.75) is 16.7 Å². The summed E-state index contributed by atoms with van der Waals surface area (Å²) in [4.78, 5) is 20.2. The van der Waals surface area contributed by atoms with Gasteiger partial charge in [0, 0.05) is 36.6 Å². The van der Waals surface area contributed by atoms with E-state index in [0.717, 1.165) is 5.56 Å². The number of hydrogen-bond acceptors (Lipinski definition) is 5. The van der Waals surface area contributed by atoms with Crippen LogP contribution < -0.4 is 5.32 Å². The van der Waals surface area contributed by atoms with Crippen molar-refractivity contribution in [3.8, 4) is 0 Å². The van der Waals surface area contributed by atoms with Gasteiger partial charge in [0.25, 0.3) is 0 Å². The number of aromatic nitrogens is 2. The molecule has 0 spiro atoms. The largest absolute Gasteiger partial charge is 0.323 e. The maximum absolute atomic E-state index is 12.7. The molecule has 1 N–H and O–H groups in total. The Bertz CT molecular complexity index is 1080. The first kappa shape index (κ1) is 18.5. The molecule has 7 heteroatoms. The molecule has 0 fully saturated rings. The summed E-state index contributed by atoms with van der Waals surface area (Å²) in [5, 5.41) is 2.69. The highest BCUT2D eigenvalue weighted by atomic mass is 32.2. The van der Waals surface area contributed by atoms with E-state index in [1.807, 2.05) is 6.07 Å². The molecule has 0 saturated heterocycles. The first-order chi connectivity index (χ1) is 13.0. The minimum absolute atomic E-state index is 0.141. The number of anilines is 1. The van der Waals surface area contributed by atoms with Crippen molar-refractivity contribution in [1.82, 2.24) is 9.97 Å². The normalized spacial score (nSPS) is 11.4. The molecule has 0 aliphatic carbocycles. The van der Waals surface area contributed by atoms with Gasteiger partial charge in [-0.3, -0.25) is 14.8 Å². The zero-order valence-electron chi connectivity index (χ0n) is 14.5. The van der Waals surface area contributed by atoms with E-state index in [2.05, 4.69) is 15.3 Å². The van der Waals surface area contributed by atoms with E-state index in [1.165, 1.54) is 24.4 Å². The number of nitrogens with zero attached hydrogens (tertiary/aromatic N) is 2. The van der Waals surface area contributed by atoms with Crippen molar-refractivity contribution in [3.05, 3.63) is 84.5 Å². The van der Waals surface area contributed by atoms with Gasteiger partial charge in [0.15, 0.2) is 0 Å². The van der Waals surface area contributed by atoms with Crippen molar-refractivity contribution in [2.24, 2.45) is 0 Å². The van der Waals surface area contributed by atoms with Crippen LogP contribution in [0, 0.1) is 6.92 Å². The van der Waals surface area contributed by atoms with Crippen LogP contribution in [-0.2, 0) is 14.6 Å². The number of benzene rings is 1. The van der Waals surface area contributed by atoms with Crippen molar-refractivity contribution in [2.75, 3.05) is 5.32 Å². The van der Waals surface area contributed by atoms with E-state index >= 15 is 0 Å². The van der Waals surface area contributed by atoms with Crippen LogP contribution in [0.15, 0.2) is 83.1 Å². The molecule has 3 rings (SSSR count). The molecule has 6 nitrogen and oxygen atoms in total. The summed E-state index contributed by atoms with van der Waals surface area (Å²) in [7, 11) is -3.66. The molecular weight excluding hydrogens is 362 g/mol. The Kier molecular flexibility index (Phi) is 5.42. The van der Waals surface area contributed by atoms with Gasteiger partial charge in [-0.2, -0.15) is 0 Å². The predicted molar refractivity (Wildman–Crippen MR) is 103 cm³/mol. The van der Waals surface area contributed by atoms with Crippen LogP contribution in [0.5, 0.6) is 0 Å². The first-order valence-corrected chi connectivity index (χ1v) is 9.60. The molecule has 1 aromatic carbocycles. The summed E-state index contributed by atoms with van der Waals surface area (Å²) < 4.78 is 25.4. The van der Waals surface area contributed by atoms with Crippen molar-refractivity contribution < 1.29 is 13.2 Å². The SMILES string of the molecule is Cc1ccncc1S(=O)(=O)c1ccc(NC(=O)/C=C/c2cccnc2)cc1. The Hall–Kier alpha value is -3.32. The third-order valence-electron chi connectivity index (χ3n) is 3.82. The lowest BCUT2D eigenvalue weighted by Crippen LogP contribution is -2.08. The Balaban J connectivity index is 1.73. The van der Waals surface area contributed by atoms with Gasteiger partial charge in [0.05, 0.1) is 9.79 Å². The monoisotopic (exact) mass is 379 g/mol. The third kappa shape index (κ3) is 4.45. The number of aryl methyl sites for hydroxylation is 1. The predicted octanol–water partition coefficient (Wildman–Crippen LogP) is 3.27. The zero-order chi connectivity index (χ0) is 19.3. The van der Waals surface area contributed by atoms with Crippen LogP contribution in [0.3, 0.4) is 0 Å². The number of carbonyl (C=O) groups is 1. The van der Waals surface area contributed by atoms with E-state index in [-0.39, 0.29) is 15.7 Å². The minimum Gasteiger partial charge on any atom is -0.323 e. The van der Waals surface area contributed by atoms with Gasteiger partial charge >= 0.3 is 0 Å². The minimum atomic E-state index is -3.66. The number of nitrogens with one attached hydrogen (secondary N) is 1. The van der Waals surface area contributed by atoms with Gasteiger partial charge in [0.2, 0.25) is 15.7 Å². The molecule has 0 unspecified atom stereocenters. The highest BCUT2D eigenvalue weighted by Gasteiger charge is 2.19. The van der Waals surface area contributed by atoms with Crippen LogP contribution in [-0.4, -0.2) is 24.3 Å². The summed E-state index contributed by atoms with van der Waals surface area (Å²) >= 11 is 0. The summed E-state index contributed by atoms with van der Waals surface area (Å²) in [5.74, 6) is -0.322. The Labute approximate surface area is 157 Å². The number of carbonyl (C=O) groups excluding carboxylic acids is 1. The maximum Gasteiger partial charge on any atom is 0.248 e. The van der Waals surface area contributed by atoms with Crippen LogP contribution in [0.25, 0.3) is 6.08 Å². The molecule has 136 valence electrons. The molecule has 0 aliphatic heterocycles. The van der Waals surface area contributed by atoms with Gasteiger partial charge in [0.1, 0.15) is 0 Å². The molecule has 1 amide bonds. The molecule has 0 aliphatic rings. The molecule has 0 saturated carbocycles. The van der Waals surface area contributed by atoms with Gasteiger partial charge in [-0.25, -0.2) is 8.42 Å². The lowest BCUT2D eigenvalue weighted by molar-refractivity contribution is -0.111. The number of rotatable bonds is 5. The average molecular weight is 379 g/mol. The maximum atomic E-state index is 12.7. The van der Waals surface area contributed by atoms with E-state index in [9.17, 15) is 13.2 Å². The summed E-state index contributed by atoms with van der Waals surface area (Å²) in [5.41, 5.74) is 1.93. The van der Waals surface area contributed by atoms with E-state index in [1.54, 1.807) is 55.9 Å². The Morgan fingerprint density at radius 2 is 1.74 bits per heavy atom. The van der Waals surface area contributed by atoms with Gasteiger partial charge in [-0.15, -0.1) is 0 Å². The van der Waals surface area contributed by atoms with Crippen LogP contribution >= 0.6 is 0 Å². The number of pyridine rings is 2. The third-order valence-corrected chi connectivity index (χ3v) is 5.72. The first-order valence-electron chi connectivity index (χ1n) is 8.12. The fraction of sp³-hybridized carbons (Fsp3) is 0.0500. The highest BCUT2D eigenvalue weighted by molar-refractivity contribution is 7.91. The zero-order valence-corrected chi connectivity index (χ0v) is 15.3. The lowest BCUT2D eigenvalue weighted by Gasteiger charge is -2.08. The lowest BCUT2D eigenvalue weighted by atomic mass is 10.2. The van der Waals surface area contributed by atoms with E-state index in [0.29, 0.717) is 11.3 Å². The molecule has 0 bridgehead atoms. The Morgan fingerprint density at radius 3 is 2.41 bits per heavy atom. The topological polar surface area (TPSA) is 89.0 Å². The molecule has 0 radical (unpaired) electrons. The van der Waals surface area contributed by atoms with E-state index < -0.39 is 9.84 Å². The molecular formula is C20H17N3O3S. The quantitative estimate of drug-likeness (QED) is 0.687. The highest BCUT2D eigenvalue weighted by Crippen LogP contribution is 2.24. The van der Waals surface area contributed by atoms with Crippen LogP contribution in [0.1, 0.15) is 11.1 Å². The van der Waals surface area contributed by atoms with Gasteiger partial charge in [-0.05, 0) is 60.5 Å². The second-order valence-electron chi connectivity index (χ2n) is 5.78. The smallest absolute Gasteiger partial charge is 0.248 e. The number of amides is 1.